The molecule has 1 N–H and O–H groups in total. The molecule has 3 aromatic rings. The molecule has 0 radical (unpaired) electrons. The Morgan fingerprint density at radius 2 is 1.92 bits per heavy atom. The van der Waals surface area contributed by atoms with E-state index in [9.17, 15) is 9.18 Å². The summed E-state index contributed by atoms with van der Waals surface area (Å²) < 4.78 is 18.5. The maximum absolute atomic E-state index is 13.1. The molecular formula is C19H16FNO2S. The van der Waals surface area contributed by atoms with Crippen LogP contribution in [0.4, 0.5) is 4.39 Å². The summed E-state index contributed by atoms with van der Waals surface area (Å²) in [5.74, 6) is -0.326. The zero-order valence-corrected chi connectivity index (χ0v) is 13.6. The highest BCUT2D eigenvalue weighted by Gasteiger charge is 2.17. The van der Waals surface area contributed by atoms with Crippen molar-refractivity contribution in [2.45, 2.75) is 6.04 Å². The third-order valence-electron chi connectivity index (χ3n) is 3.43. The molecule has 1 atom stereocenters. The minimum Gasteiger partial charge on any atom is -0.484 e. The molecule has 122 valence electrons. The third kappa shape index (κ3) is 4.20. The Labute approximate surface area is 143 Å². The number of hydrogen-bond donors (Lipinski definition) is 1. The lowest BCUT2D eigenvalue weighted by Gasteiger charge is -2.18. The lowest BCUT2D eigenvalue weighted by atomic mass is 10.1. The lowest BCUT2D eigenvalue weighted by molar-refractivity contribution is -0.123. The Balaban J connectivity index is 1.68. The van der Waals surface area contributed by atoms with Crippen LogP contribution in [0.3, 0.4) is 0 Å². The van der Waals surface area contributed by atoms with E-state index < -0.39 is 5.82 Å². The number of nitrogens with one attached hydrogen (secondary N) is 1. The van der Waals surface area contributed by atoms with Gasteiger partial charge in [0.05, 0.1) is 6.04 Å². The average Bonchev–Trinajstić information content (AvgIpc) is 3.13. The Morgan fingerprint density at radius 1 is 1.08 bits per heavy atom. The van der Waals surface area contributed by atoms with Crippen LogP contribution < -0.4 is 10.1 Å². The molecule has 0 saturated heterocycles. The van der Waals surface area contributed by atoms with Gasteiger partial charge in [-0.25, -0.2) is 4.39 Å². The van der Waals surface area contributed by atoms with Crippen LogP contribution >= 0.6 is 11.3 Å². The zero-order chi connectivity index (χ0) is 16.8. The monoisotopic (exact) mass is 341 g/mol. The van der Waals surface area contributed by atoms with Crippen molar-refractivity contribution in [3.05, 3.63) is 88.4 Å². The summed E-state index contributed by atoms with van der Waals surface area (Å²) in [4.78, 5) is 13.3. The fourth-order valence-corrected chi connectivity index (χ4v) is 3.13. The van der Waals surface area contributed by atoms with Crippen molar-refractivity contribution in [1.29, 1.82) is 0 Å². The van der Waals surface area contributed by atoms with Gasteiger partial charge in [-0.3, -0.25) is 4.79 Å². The van der Waals surface area contributed by atoms with Crippen LogP contribution in [0.1, 0.15) is 16.5 Å². The fraction of sp³-hybridized carbons (Fsp3) is 0.105. The molecule has 2 aromatic carbocycles. The molecular weight excluding hydrogens is 325 g/mol. The third-order valence-corrected chi connectivity index (χ3v) is 4.37. The molecule has 0 saturated carbocycles. The minimum atomic E-state index is -0.395. The molecule has 1 aromatic heterocycles. The second kappa shape index (κ2) is 7.75. The Kier molecular flexibility index (Phi) is 5.23. The second-order valence-electron chi connectivity index (χ2n) is 5.17. The minimum absolute atomic E-state index is 0.168. The zero-order valence-electron chi connectivity index (χ0n) is 12.8. The predicted molar refractivity (Wildman–Crippen MR) is 92.6 cm³/mol. The summed E-state index contributed by atoms with van der Waals surface area (Å²) >= 11 is 1.58. The molecule has 0 fully saturated rings. The predicted octanol–water partition coefficient (Wildman–Crippen LogP) is 4.17. The van der Waals surface area contributed by atoms with Crippen LogP contribution in [0.25, 0.3) is 0 Å². The first-order chi connectivity index (χ1) is 11.7. The van der Waals surface area contributed by atoms with Crippen LogP contribution in [-0.4, -0.2) is 12.5 Å². The molecule has 1 heterocycles. The second-order valence-corrected chi connectivity index (χ2v) is 6.15. The largest absolute Gasteiger partial charge is 0.484 e. The van der Waals surface area contributed by atoms with Gasteiger partial charge in [-0.05, 0) is 29.1 Å². The number of thiophene rings is 1. The maximum Gasteiger partial charge on any atom is 0.258 e. The molecule has 1 amide bonds. The summed E-state index contributed by atoms with van der Waals surface area (Å²) in [6.45, 7) is -0.168. The van der Waals surface area contributed by atoms with E-state index in [4.69, 9.17) is 4.74 Å². The van der Waals surface area contributed by atoms with Crippen LogP contribution in [0.2, 0.25) is 0 Å². The topological polar surface area (TPSA) is 38.3 Å². The van der Waals surface area contributed by atoms with Gasteiger partial charge in [0, 0.05) is 10.9 Å². The summed E-state index contributed by atoms with van der Waals surface area (Å²) in [5, 5.41) is 4.95. The highest BCUT2D eigenvalue weighted by Crippen LogP contribution is 2.25. The summed E-state index contributed by atoms with van der Waals surface area (Å²) in [6, 6.07) is 19.2. The number of halogens is 1. The van der Waals surface area contributed by atoms with E-state index in [1.54, 1.807) is 23.5 Å². The number of amides is 1. The quantitative estimate of drug-likeness (QED) is 0.731. The van der Waals surface area contributed by atoms with Gasteiger partial charge in [-0.15, -0.1) is 11.3 Å². The average molecular weight is 341 g/mol. The summed E-state index contributed by atoms with van der Waals surface area (Å²) in [7, 11) is 0. The van der Waals surface area contributed by atoms with Crippen molar-refractivity contribution in [2.75, 3.05) is 6.61 Å². The van der Waals surface area contributed by atoms with Gasteiger partial charge in [0.2, 0.25) is 0 Å². The van der Waals surface area contributed by atoms with Crippen molar-refractivity contribution < 1.29 is 13.9 Å². The van der Waals surface area contributed by atoms with Crippen molar-refractivity contribution in [1.82, 2.24) is 5.32 Å². The van der Waals surface area contributed by atoms with Crippen molar-refractivity contribution >= 4 is 17.2 Å². The number of benzene rings is 2. The van der Waals surface area contributed by atoms with E-state index in [2.05, 4.69) is 5.32 Å². The van der Waals surface area contributed by atoms with E-state index in [1.807, 2.05) is 47.8 Å². The molecule has 0 spiro atoms. The van der Waals surface area contributed by atoms with Crippen LogP contribution in [0.5, 0.6) is 5.75 Å². The van der Waals surface area contributed by atoms with Gasteiger partial charge in [0.1, 0.15) is 11.6 Å². The highest BCUT2D eigenvalue weighted by atomic mass is 32.1. The van der Waals surface area contributed by atoms with Crippen LogP contribution in [-0.2, 0) is 4.79 Å². The van der Waals surface area contributed by atoms with Crippen molar-refractivity contribution in [3.8, 4) is 5.75 Å². The van der Waals surface area contributed by atoms with E-state index in [-0.39, 0.29) is 18.6 Å². The van der Waals surface area contributed by atoms with E-state index in [0.717, 1.165) is 10.4 Å². The molecule has 0 aliphatic heterocycles. The highest BCUT2D eigenvalue weighted by molar-refractivity contribution is 7.10. The smallest absolute Gasteiger partial charge is 0.258 e. The van der Waals surface area contributed by atoms with Gasteiger partial charge >= 0.3 is 0 Å². The van der Waals surface area contributed by atoms with E-state index >= 15 is 0 Å². The molecule has 5 heteroatoms. The molecule has 0 unspecified atom stereocenters. The van der Waals surface area contributed by atoms with Gasteiger partial charge in [0.15, 0.2) is 6.61 Å². The van der Waals surface area contributed by atoms with Crippen molar-refractivity contribution in [3.63, 3.8) is 0 Å². The van der Waals surface area contributed by atoms with Gasteiger partial charge < -0.3 is 10.1 Å². The Bertz CT molecular complexity index is 790. The SMILES string of the molecule is O=C(COc1cccc(F)c1)N[C@@H](c1ccccc1)c1cccs1. The van der Waals surface area contributed by atoms with Crippen LogP contribution in [0, 0.1) is 5.82 Å². The van der Waals surface area contributed by atoms with Crippen LogP contribution in [0.15, 0.2) is 72.1 Å². The van der Waals surface area contributed by atoms with Gasteiger partial charge in [-0.2, -0.15) is 0 Å². The standard InChI is InChI=1S/C19H16FNO2S/c20-15-8-4-9-16(12-15)23-13-18(22)21-19(17-10-5-11-24-17)14-6-2-1-3-7-14/h1-12,19H,13H2,(H,21,22)/t19-/m0/s1. The maximum atomic E-state index is 13.1. The van der Waals surface area contributed by atoms with Crippen molar-refractivity contribution in [2.24, 2.45) is 0 Å². The molecule has 24 heavy (non-hydrogen) atoms. The molecule has 0 aliphatic rings. The Morgan fingerprint density at radius 3 is 2.62 bits per heavy atom. The molecule has 0 bridgehead atoms. The first-order valence-corrected chi connectivity index (χ1v) is 8.36. The summed E-state index contributed by atoms with van der Waals surface area (Å²) in [6.07, 6.45) is 0. The Hall–Kier alpha value is -2.66. The summed E-state index contributed by atoms with van der Waals surface area (Å²) in [5.41, 5.74) is 0.999. The first-order valence-electron chi connectivity index (χ1n) is 7.48. The van der Waals surface area contributed by atoms with Gasteiger partial charge in [-0.1, -0.05) is 42.5 Å². The number of carbonyl (C=O) groups excluding carboxylic acids is 1. The van der Waals surface area contributed by atoms with Gasteiger partial charge in [0.25, 0.3) is 5.91 Å². The number of rotatable bonds is 6. The van der Waals surface area contributed by atoms with E-state index in [0.29, 0.717) is 5.75 Å². The molecule has 3 nitrogen and oxygen atoms in total. The number of hydrogen-bond acceptors (Lipinski definition) is 3. The fourth-order valence-electron chi connectivity index (χ4n) is 2.33. The lowest BCUT2D eigenvalue weighted by Crippen LogP contribution is -2.32. The van der Waals surface area contributed by atoms with E-state index in [1.165, 1.54) is 12.1 Å². The number of carbonyl (C=O) groups is 1. The molecule has 3 rings (SSSR count). The first kappa shape index (κ1) is 16.2. The number of ether oxygens (including phenoxy) is 1. The molecule has 0 aliphatic carbocycles. The normalized spacial score (nSPS) is 11.7.